The molecule has 0 saturated carbocycles. The second-order valence-corrected chi connectivity index (χ2v) is 3.50. The number of thiophene rings is 1. The lowest BCUT2D eigenvalue weighted by Crippen LogP contribution is -2.04. The van der Waals surface area contributed by atoms with Gasteiger partial charge in [-0.15, -0.1) is 11.3 Å². The molecule has 1 aromatic heterocycles. The summed E-state index contributed by atoms with van der Waals surface area (Å²) in [4.78, 5) is 12.4. The Kier molecular flexibility index (Phi) is 2.87. The number of hydrogen-bond acceptors (Lipinski definition) is 3. The van der Waals surface area contributed by atoms with Crippen LogP contribution in [0.3, 0.4) is 0 Å². The van der Waals surface area contributed by atoms with Crippen LogP contribution in [-0.4, -0.2) is 12.6 Å². The maximum atomic E-state index is 11.2. The topological polar surface area (TPSA) is 26.3 Å². The highest BCUT2D eigenvalue weighted by Gasteiger charge is 2.13. The second kappa shape index (κ2) is 3.72. The van der Waals surface area contributed by atoms with Gasteiger partial charge < -0.3 is 4.74 Å². The summed E-state index contributed by atoms with van der Waals surface area (Å²) in [5, 5.41) is 2.93. The van der Waals surface area contributed by atoms with Gasteiger partial charge in [-0.3, -0.25) is 0 Å². The molecule has 0 fully saturated rings. The van der Waals surface area contributed by atoms with Crippen LogP contribution >= 0.6 is 11.3 Å². The molecule has 12 heavy (non-hydrogen) atoms. The zero-order valence-electron chi connectivity index (χ0n) is 7.43. The van der Waals surface area contributed by atoms with Crippen molar-refractivity contribution in [2.75, 3.05) is 6.61 Å². The van der Waals surface area contributed by atoms with Crippen molar-refractivity contribution in [2.45, 2.75) is 20.8 Å². The first-order valence-corrected chi connectivity index (χ1v) is 4.63. The molecular formula is C9H11O2S. The highest BCUT2D eigenvalue weighted by atomic mass is 32.1. The Labute approximate surface area is 76.2 Å². The van der Waals surface area contributed by atoms with Crippen molar-refractivity contribution in [1.29, 1.82) is 0 Å². The van der Waals surface area contributed by atoms with Gasteiger partial charge in [-0.05, 0) is 26.3 Å². The lowest BCUT2D eigenvalue weighted by Gasteiger charge is -1.99. The first kappa shape index (κ1) is 9.26. The van der Waals surface area contributed by atoms with Crippen molar-refractivity contribution in [1.82, 2.24) is 0 Å². The van der Waals surface area contributed by atoms with Crippen LogP contribution in [0.2, 0.25) is 0 Å². The van der Waals surface area contributed by atoms with Gasteiger partial charge in [0.15, 0.2) is 0 Å². The molecule has 1 aromatic rings. The second-order valence-electron chi connectivity index (χ2n) is 2.48. The fourth-order valence-corrected chi connectivity index (χ4v) is 1.60. The normalized spacial score (nSPS) is 9.92. The summed E-state index contributed by atoms with van der Waals surface area (Å²) in [6.07, 6.45) is 0. The minimum atomic E-state index is -0.264. The molecular weight excluding hydrogens is 172 g/mol. The summed E-state index contributed by atoms with van der Waals surface area (Å²) in [5.41, 5.74) is 1.57. The number of ether oxygens (including phenoxy) is 1. The van der Waals surface area contributed by atoms with E-state index in [1.807, 2.05) is 13.8 Å². The zero-order valence-corrected chi connectivity index (χ0v) is 8.25. The Morgan fingerprint density at radius 3 is 2.67 bits per heavy atom. The van der Waals surface area contributed by atoms with Crippen LogP contribution in [0.15, 0.2) is 0 Å². The maximum absolute atomic E-state index is 11.2. The first-order valence-electron chi connectivity index (χ1n) is 3.81. The van der Waals surface area contributed by atoms with Crippen LogP contribution in [0.1, 0.15) is 27.7 Å². The Hall–Kier alpha value is -0.830. The average molecular weight is 183 g/mol. The van der Waals surface area contributed by atoms with Gasteiger partial charge in [0.05, 0.1) is 17.6 Å². The number of carbonyl (C=O) groups excluding carboxylic acids is 1. The molecule has 0 saturated heterocycles. The lowest BCUT2D eigenvalue weighted by atomic mass is 10.2. The summed E-state index contributed by atoms with van der Waals surface area (Å²) >= 11 is 1.46. The molecule has 0 unspecified atom stereocenters. The van der Waals surface area contributed by atoms with Crippen LogP contribution in [0, 0.1) is 19.2 Å². The van der Waals surface area contributed by atoms with Gasteiger partial charge in [-0.1, -0.05) is 0 Å². The number of carbonyl (C=O) groups is 1. The molecule has 0 aliphatic rings. The van der Waals surface area contributed by atoms with Crippen molar-refractivity contribution in [3.8, 4) is 0 Å². The van der Waals surface area contributed by atoms with Crippen molar-refractivity contribution in [3.63, 3.8) is 0 Å². The summed E-state index contributed by atoms with van der Waals surface area (Å²) in [6.45, 7) is 6.10. The molecule has 3 heteroatoms. The van der Waals surface area contributed by atoms with Crippen LogP contribution < -0.4 is 0 Å². The number of esters is 1. The lowest BCUT2D eigenvalue weighted by molar-refractivity contribution is 0.0526. The molecule has 0 spiro atoms. The molecule has 2 nitrogen and oxygen atoms in total. The quantitative estimate of drug-likeness (QED) is 0.658. The highest BCUT2D eigenvalue weighted by Crippen LogP contribution is 2.20. The summed E-state index contributed by atoms with van der Waals surface area (Å²) in [6, 6.07) is 0. The van der Waals surface area contributed by atoms with Gasteiger partial charge >= 0.3 is 5.97 Å². The van der Waals surface area contributed by atoms with Crippen molar-refractivity contribution >= 4 is 17.3 Å². The number of rotatable bonds is 2. The Morgan fingerprint density at radius 2 is 2.25 bits per heavy atom. The van der Waals surface area contributed by atoms with Gasteiger partial charge in [0, 0.05) is 4.88 Å². The average Bonchev–Trinajstić information content (AvgIpc) is 2.34. The van der Waals surface area contributed by atoms with Crippen molar-refractivity contribution in [2.24, 2.45) is 0 Å². The Bertz CT molecular complexity index is 289. The van der Waals surface area contributed by atoms with Gasteiger partial charge in [-0.2, -0.15) is 0 Å². The van der Waals surface area contributed by atoms with Gasteiger partial charge in [0.25, 0.3) is 0 Å². The van der Waals surface area contributed by atoms with E-state index in [9.17, 15) is 4.79 Å². The fraction of sp³-hybridized carbons (Fsp3) is 0.444. The van der Waals surface area contributed by atoms with Crippen LogP contribution in [0.5, 0.6) is 0 Å². The van der Waals surface area contributed by atoms with Crippen LogP contribution in [-0.2, 0) is 4.74 Å². The molecule has 1 heterocycles. The minimum absolute atomic E-state index is 0.264. The Morgan fingerprint density at radius 1 is 1.58 bits per heavy atom. The molecule has 0 aromatic carbocycles. The molecule has 1 rings (SSSR count). The minimum Gasteiger partial charge on any atom is -0.462 e. The molecule has 0 atom stereocenters. The van der Waals surface area contributed by atoms with Crippen molar-refractivity contribution in [3.05, 3.63) is 21.4 Å². The molecule has 0 N–H and O–H groups in total. The molecule has 0 aliphatic heterocycles. The largest absolute Gasteiger partial charge is 0.462 e. The predicted octanol–water partition coefficient (Wildman–Crippen LogP) is 2.34. The molecule has 65 valence electrons. The van der Waals surface area contributed by atoms with E-state index in [1.165, 1.54) is 11.3 Å². The molecule has 1 radical (unpaired) electrons. The SMILES string of the molecule is CCOC(=O)c1[c]sc(C)c1C. The van der Waals surface area contributed by atoms with E-state index in [-0.39, 0.29) is 5.97 Å². The van der Waals surface area contributed by atoms with E-state index in [4.69, 9.17) is 4.74 Å². The third-order valence-corrected chi connectivity index (χ3v) is 2.61. The molecule has 0 aliphatic carbocycles. The highest BCUT2D eigenvalue weighted by molar-refractivity contribution is 7.09. The van der Waals surface area contributed by atoms with E-state index >= 15 is 0 Å². The predicted molar refractivity (Wildman–Crippen MR) is 48.6 cm³/mol. The molecule has 0 amide bonds. The number of aryl methyl sites for hydroxylation is 1. The summed E-state index contributed by atoms with van der Waals surface area (Å²) in [5.74, 6) is -0.264. The van der Waals surface area contributed by atoms with Crippen LogP contribution in [0.25, 0.3) is 0 Å². The number of hydrogen-bond donors (Lipinski definition) is 0. The molecule has 0 bridgehead atoms. The van der Waals surface area contributed by atoms with E-state index in [0.29, 0.717) is 12.2 Å². The zero-order chi connectivity index (χ0) is 9.14. The van der Waals surface area contributed by atoms with Gasteiger partial charge in [0.2, 0.25) is 0 Å². The third-order valence-electron chi connectivity index (χ3n) is 1.69. The third kappa shape index (κ3) is 1.67. The standard InChI is InChI=1S/C9H11O2S/c1-4-11-9(10)8-5-12-7(3)6(8)2/h4H2,1-3H3. The van der Waals surface area contributed by atoms with Crippen molar-refractivity contribution < 1.29 is 9.53 Å². The van der Waals surface area contributed by atoms with Gasteiger partial charge in [0.1, 0.15) is 0 Å². The van der Waals surface area contributed by atoms with Gasteiger partial charge in [-0.25, -0.2) is 4.79 Å². The van der Waals surface area contributed by atoms with E-state index in [1.54, 1.807) is 6.92 Å². The fourth-order valence-electron chi connectivity index (χ4n) is 0.855. The van der Waals surface area contributed by atoms with E-state index in [2.05, 4.69) is 5.38 Å². The summed E-state index contributed by atoms with van der Waals surface area (Å²) in [7, 11) is 0. The van der Waals surface area contributed by atoms with E-state index < -0.39 is 0 Å². The first-order chi connectivity index (χ1) is 5.66. The smallest absolute Gasteiger partial charge is 0.339 e. The maximum Gasteiger partial charge on any atom is 0.339 e. The summed E-state index contributed by atoms with van der Waals surface area (Å²) < 4.78 is 4.86. The monoisotopic (exact) mass is 183 g/mol. The van der Waals surface area contributed by atoms with E-state index in [0.717, 1.165) is 10.4 Å². The Balaban J connectivity index is 2.88. The van der Waals surface area contributed by atoms with Crippen LogP contribution in [0.4, 0.5) is 0 Å².